The molecule has 0 aromatic heterocycles. The lowest BCUT2D eigenvalue weighted by atomic mass is 9.96. The lowest BCUT2D eigenvalue weighted by Crippen LogP contribution is -2.42. The average molecular weight is 187 g/mol. The molecule has 1 nitrogen and oxygen atoms in total. The van der Waals surface area contributed by atoms with E-state index >= 15 is 0 Å². The molecule has 1 atom stereocenters. The predicted molar refractivity (Wildman–Crippen MR) is 54.7 cm³/mol. The standard InChI is InChI=1S/C11H22FN/c1-4-5-7-11(2,3)13-8-6-10(12)9-13/h10H,4-9H2,1-3H3. The zero-order chi connectivity index (χ0) is 9.90. The van der Waals surface area contributed by atoms with Gasteiger partial charge in [0.15, 0.2) is 0 Å². The number of nitrogens with zero attached hydrogens (tertiary/aromatic N) is 1. The molecule has 0 aromatic rings. The van der Waals surface area contributed by atoms with Crippen LogP contribution in [0.25, 0.3) is 0 Å². The zero-order valence-electron chi connectivity index (χ0n) is 9.15. The first kappa shape index (κ1) is 11.0. The van der Waals surface area contributed by atoms with E-state index in [2.05, 4.69) is 25.7 Å². The number of likely N-dealkylation sites (tertiary alicyclic amines) is 1. The van der Waals surface area contributed by atoms with Gasteiger partial charge in [0.05, 0.1) is 0 Å². The van der Waals surface area contributed by atoms with E-state index in [0.717, 1.165) is 13.0 Å². The maximum absolute atomic E-state index is 13.0. The van der Waals surface area contributed by atoms with Gasteiger partial charge in [-0.3, -0.25) is 4.90 Å². The van der Waals surface area contributed by atoms with Crippen molar-refractivity contribution in [2.24, 2.45) is 0 Å². The molecule has 1 saturated heterocycles. The summed E-state index contributed by atoms with van der Waals surface area (Å²) >= 11 is 0. The zero-order valence-corrected chi connectivity index (χ0v) is 9.15. The minimum atomic E-state index is -0.582. The summed E-state index contributed by atoms with van der Waals surface area (Å²) in [6.07, 6.45) is 3.82. The van der Waals surface area contributed by atoms with E-state index in [1.54, 1.807) is 0 Å². The fourth-order valence-electron chi connectivity index (χ4n) is 2.03. The SMILES string of the molecule is CCCCC(C)(C)N1CCC(F)C1. The monoisotopic (exact) mass is 187 g/mol. The van der Waals surface area contributed by atoms with Crippen LogP contribution in [0.5, 0.6) is 0 Å². The van der Waals surface area contributed by atoms with Gasteiger partial charge in [-0.25, -0.2) is 4.39 Å². The fourth-order valence-corrected chi connectivity index (χ4v) is 2.03. The van der Waals surface area contributed by atoms with Crippen molar-refractivity contribution in [2.45, 2.75) is 58.2 Å². The summed E-state index contributed by atoms with van der Waals surface area (Å²) in [5, 5.41) is 0. The highest BCUT2D eigenvalue weighted by Gasteiger charge is 2.32. The molecule has 1 heterocycles. The summed E-state index contributed by atoms with van der Waals surface area (Å²) in [5.74, 6) is 0. The van der Waals surface area contributed by atoms with Crippen molar-refractivity contribution < 1.29 is 4.39 Å². The van der Waals surface area contributed by atoms with Gasteiger partial charge >= 0.3 is 0 Å². The van der Waals surface area contributed by atoms with E-state index < -0.39 is 6.17 Å². The summed E-state index contributed by atoms with van der Waals surface area (Å²) in [7, 11) is 0. The maximum atomic E-state index is 13.0. The predicted octanol–water partition coefficient (Wildman–Crippen LogP) is 3.00. The van der Waals surface area contributed by atoms with E-state index in [1.807, 2.05) is 0 Å². The van der Waals surface area contributed by atoms with Crippen molar-refractivity contribution in [1.82, 2.24) is 4.90 Å². The maximum Gasteiger partial charge on any atom is 0.114 e. The third-order valence-corrected chi connectivity index (χ3v) is 3.13. The molecule has 1 aliphatic rings. The minimum absolute atomic E-state index is 0.205. The first-order chi connectivity index (χ1) is 6.06. The first-order valence-electron chi connectivity index (χ1n) is 5.45. The number of hydrogen-bond donors (Lipinski definition) is 0. The van der Waals surface area contributed by atoms with Crippen molar-refractivity contribution in [1.29, 1.82) is 0 Å². The molecular formula is C11H22FN. The molecule has 0 aromatic carbocycles. The van der Waals surface area contributed by atoms with Crippen molar-refractivity contribution in [3.8, 4) is 0 Å². The summed E-state index contributed by atoms with van der Waals surface area (Å²) < 4.78 is 13.0. The van der Waals surface area contributed by atoms with Crippen LogP contribution in [0.2, 0.25) is 0 Å². The van der Waals surface area contributed by atoms with Crippen LogP contribution in [0.15, 0.2) is 0 Å². The fraction of sp³-hybridized carbons (Fsp3) is 1.00. The van der Waals surface area contributed by atoms with Crippen LogP contribution in [0.1, 0.15) is 46.5 Å². The summed E-state index contributed by atoms with van der Waals surface area (Å²) in [6.45, 7) is 8.27. The van der Waals surface area contributed by atoms with Gasteiger partial charge in [0.2, 0.25) is 0 Å². The van der Waals surface area contributed by atoms with Crippen LogP contribution >= 0.6 is 0 Å². The topological polar surface area (TPSA) is 3.24 Å². The van der Waals surface area contributed by atoms with Gasteiger partial charge in [-0.2, -0.15) is 0 Å². The van der Waals surface area contributed by atoms with Gasteiger partial charge < -0.3 is 0 Å². The molecular weight excluding hydrogens is 165 g/mol. The molecule has 0 amide bonds. The molecule has 1 aliphatic heterocycles. The number of alkyl halides is 1. The number of halogens is 1. The third-order valence-electron chi connectivity index (χ3n) is 3.13. The second-order valence-corrected chi connectivity index (χ2v) is 4.75. The Morgan fingerprint density at radius 3 is 2.62 bits per heavy atom. The molecule has 78 valence electrons. The normalized spacial score (nSPS) is 25.4. The smallest absolute Gasteiger partial charge is 0.114 e. The molecule has 1 rings (SSSR count). The van der Waals surface area contributed by atoms with E-state index in [9.17, 15) is 4.39 Å². The van der Waals surface area contributed by atoms with Crippen molar-refractivity contribution >= 4 is 0 Å². The highest BCUT2D eigenvalue weighted by molar-refractivity contribution is 4.87. The van der Waals surface area contributed by atoms with Gasteiger partial charge in [-0.05, 0) is 26.7 Å². The number of rotatable bonds is 4. The molecule has 0 N–H and O–H groups in total. The van der Waals surface area contributed by atoms with Crippen LogP contribution in [0, 0.1) is 0 Å². The summed E-state index contributed by atoms with van der Waals surface area (Å²) in [4.78, 5) is 2.30. The highest BCUT2D eigenvalue weighted by Crippen LogP contribution is 2.26. The Labute approximate surface area is 81.3 Å². The van der Waals surface area contributed by atoms with Gasteiger partial charge in [0, 0.05) is 18.6 Å². The molecule has 2 heteroatoms. The Balaban J connectivity index is 2.39. The lowest BCUT2D eigenvalue weighted by molar-refractivity contribution is 0.130. The van der Waals surface area contributed by atoms with E-state index in [1.165, 1.54) is 19.3 Å². The van der Waals surface area contributed by atoms with Crippen LogP contribution in [0.4, 0.5) is 4.39 Å². The summed E-state index contributed by atoms with van der Waals surface area (Å²) in [6, 6.07) is 0. The van der Waals surface area contributed by atoms with Crippen LogP contribution in [-0.2, 0) is 0 Å². The molecule has 0 bridgehead atoms. The number of unbranched alkanes of at least 4 members (excludes halogenated alkanes) is 1. The Morgan fingerprint density at radius 1 is 1.46 bits per heavy atom. The largest absolute Gasteiger partial charge is 0.295 e. The second kappa shape index (κ2) is 4.41. The van der Waals surface area contributed by atoms with Gasteiger partial charge in [-0.1, -0.05) is 19.8 Å². The molecule has 1 fully saturated rings. The Kier molecular flexibility index (Phi) is 3.72. The van der Waals surface area contributed by atoms with Gasteiger partial charge in [0.25, 0.3) is 0 Å². The Bertz CT molecular complexity index is 156. The van der Waals surface area contributed by atoms with Crippen molar-refractivity contribution in [2.75, 3.05) is 13.1 Å². The highest BCUT2D eigenvalue weighted by atomic mass is 19.1. The lowest BCUT2D eigenvalue weighted by Gasteiger charge is -2.35. The quantitative estimate of drug-likeness (QED) is 0.654. The van der Waals surface area contributed by atoms with Gasteiger partial charge in [-0.15, -0.1) is 0 Å². The van der Waals surface area contributed by atoms with E-state index in [-0.39, 0.29) is 5.54 Å². The minimum Gasteiger partial charge on any atom is -0.295 e. The number of hydrogen-bond acceptors (Lipinski definition) is 1. The Hall–Kier alpha value is -0.110. The van der Waals surface area contributed by atoms with E-state index in [0.29, 0.717) is 6.54 Å². The van der Waals surface area contributed by atoms with E-state index in [4.69, 9.17) is 0 Å². The molecule has 0 saturated carbocycles. The average Bonchev–Trinajstić information content (AvgIpc) is 2.49. The molecule has 0 spiro atoms. The van der Waals surface area contributed by atoms with Gasteiger partial charge in [0.1, 0.15) is 6.17 Å². The van der Waals surface area contributed by atoms with Crippen LogP contribution in [0.3, 0.4) is 0 Å². The van der Waals surface area contributed by atoms with Crippen LogP contribution in [-0.4, -0.2) is 29.7 Å². The summed E-state index contributed by atoms with van der Waals surface area (Å²) in [5.41, 5.74) is 0.205. The van der Waals surface area contributed by atoms with Crippen LogP contribution < -0.4 is 0 Å². The second-order valence-electron chi connectivity index (χ2n) is 4.75. The molecule has 13 heavy (non-hydrogen) atoms. The molecule has 0 radical (unpaired) electrons. The van der Waals surface area contributed by atoms with Crippen molar-refractivity contribution in [3.63, 3.8) is 0 Å². The molecule has 1 unspecified atom stereocenters. The first-order valence-corrected chi connectivity index (χ1v) is 5.45. The molecule has 0 aliphatic carbocycles. The third kappa shape index (κ3) is 2.94. The Morgan fingerprint density at radius 2 is 2.15 bits per heavy atom. The van der Waals surface area contributed by atoms with Crippen molar-refractivity contribution in [3.05, 3.63) is 0 Å².